The molecule has 0 bridgehead atoms. The topological polar surface area (TPSA) is 29.8 Å². The number of furan rings is 1. The van der Waals surface area contributed by atoms with Crippen molar-refractivity contribution in [3.63, 3.8) is 0 Å². The van der Waals surface area contributed by atoms with Gasteiger partial charge in [-0.2, -0.15) is 0 Å². The van der Waals surface area contributed by atoms with Crippen molar-refractivity contribution in [1.82, 2.24) is 0 Å². The Hall–Kier alpha value is -1.06. The summed E-state index contributed by atoms with van der Waals surface area (Å²) in [7, 11) is 0. The zero-order valence-electron chi connectivity index (χ0n) is 11.0. The number of hydrogen-bond donors (Lipinski definition) is 1. The van der Waals surface area contributed by atoms with E-state index >= 15 is 0 Å². The van der Waals surface area contributed by atoms with Crippen LogP contribution in [0.2, 0.25) is 0 Å². The zero-order valence-corrected chi connectivity index (χ0v) is 12.6. The first-order valence-electron chi connectivity index (χ1n) is 6.13. The third-order valence-electron chi connectivity index (χ3n) is 2.71. The van der Waals surface area contributed by atoms with Crippen molar-refractivity contribution in [1.29, 1.82) is 0 Å². The Morgan fingerprint density at radius 3 is 2.33 bits per heavy atom. The summed E-state index contributed by atoms with van der Waals surface area (Å²) < 4.78 is 6.94. The van der Waals surface area contributed by atoms with Crippen molar-refractivity contribution in [3.05, 3.63) is 46.6 Å². The Bertz CT molecular complexity index is 508. The Labute approximate surface area is 117 Å². The predicted octanol–water partition coefficient (Wildman–Crippen LogP) is 3.57. The molecule has 0 fully saturated rings. The van der Waals surface area contributed by atoms with E-state index in [1.165, 1.54) is 0 Å². The molecule has 0 atom stereocenters. The minimum atomic E-state index is 0.227. The number of halogens is 1. The van der Waals surface area contributed by atoms with Crippen LogP contribution in [-0.4, -0.2) is 5.54 Å². The second kappa shape index (κ2) is 5.29. The smallest absolute Gasteiger partial charge is 0.158 e. The maximum absolute atomic E-state index is 5.86. The molecule has 1 aromatic heterocycles. The summed E-state index contributed by atoms with van der Waals surface area (Å²) in [6.45, 7) is 7.47. The van der Waals surface area contributed by atoms with E-state index in [4.69, 9.17) is 4.42 Å². The summed E-state index contributed by atoms with van der Waals surface area (Å²) in [5, 5.41) is 2.27. The fourth-order valence-electron chi connectivity index (χ4n) is 1.66. The van der Waals surface area contributed by atoms with Crippen LogP contribution in [0.4, 0.5) is 0 Å². The molecule has 0 amide bonds. The van der Waals surface area contributed by atoms with Crippen molar-refractivity contribution in [2.45, 2.75) is 32.9 Å². The molecular formula is C15H19BrNO+. The number of quaternary nitrogens is 1. The fourth-order valence-corrected chi connectivity index (χ4v) is 1.93. The van der Waals surface area contributed by atoms with Crippen LogP contribution in [-0.2, 0) is 6.54 Å². The summed E-state index contributed by atoms with van der Waals surface area (Å²) in [5.41, 5.74) is 1.34. The van der Waals surface area contributed by atoms with Gasteiger partial charge in [0, 0.05) is 10.0 Å². The number of hydrogen-bond acceptors (Lipinski definition) is 1. The average molecular weight is 309 g/mol. The SMILES string of the molecule is CC(C)(C)[NH2+]Cc1ccc(-c2ccc(Br)cc2)o1. The van der Waals surface area contributed by atoms with Gasteiger partial charge >= 0.3 is 0 Å². The van der Waals surface area contributed by atoms with Crippen molar-refractivity contribution < 1.29 is 9.73 Å². The average Bonchev–Trinajstić information content (AvgIpc) is 2.75. The van der Waals surface area contributed by atoms with Crippen LogP contribution in [0.1, 0.15) is 26.5 Å². The lowest BCUT2D eigenvalue weighted by atomic mass is 10.1. The Morgan fingerprint density at radius 1 is 1.06 bits per heavy atom. The van der Waals surface area contributed by atoms with Crippen LogP contribution in [0, 0.1) is 0 Å². The van der Waals surface area contributed by atoms with Crippen LogP contribution in [0.15, 0.2) is 45.3 Å². The number of rotatable bonds is 3. The number of nitrogens with two attached hydrogens (primary N) is 1. The summed E-state index contributed by atoms with van der Waals surface area (Å²) in [6.07, 6.45) is 0. The highest BCUT2D eigenvalue weighted by Crippen LogP contribution is 2.23. The van der Waals surface area contributed by atoms with E-state index in [-0.39, 0.29) is 5.54 Å². The molecule has 0 unspecified atom stereocenters. The molecular weight excluding hydrogens is 290 g/mol. The first-order chi connectivity index (χ1) is 8.44. The van der Waals surface area contributed by atoms with Gasteiger partial charge in [-0.05, 0) is 45.0 Å². The molecule has 18 heavy (non-hydrogen) atoms. The maximum Gasteiger partial charge on any atom is 0.158 e. The van der Waals surface area contributed by atoms with Crippen molar-refractivity contribution >= 4 is 15.9 Å². The van der Waals surface area contributed by atoms with E-state index < -0.39 is 0 Å². The summed E-state index contributed by atoms with van der Waals surface area (Å²) in [5.74, 6) is 1.95. The molecule has 0 aliphatic heterocycles. The van der Waals surface area contributed by atoms with E-state index in [0.717, 1.165) is 28.1 Å². The van der Waals surface area contributed by atoms with E-state index in [2.05, 4.69) is 60.2 Å². The molecule has 2 aromatic rings. The van der Waals surface area contributed by atoms with Gasteiger partial charge in [0.15, 0.2) is 5.76 Å². The lowest BCUT2D eigenvalue weighted by Crippen LogP contribution is -2.92. The monoisotopic (exact) mass is 308 g/mol. The quantitative estimate of drug-likeness (QED) is 0.923. The molecule has 0 spiro atoms. The lowest BCUT2D eigenvalue weighted by Gasteiger charge is -2.15. The Kier molecular flexibility index (Phi) is 3.93. The minimum absolute atomic E-state index is 0.227. The Balaban J connectivity index is 2.08. The second-order valence-electron chi connectivity index (χ2n) is 5.55. The van der Waals surface area contributed by atoms with Crippen LogP contribution in [0.3, 0.4) is 0 Å². The van der Waals surface area contributed by atoms with E-state index in [9.17, 15) is 0 Å². The van der Waals surface area contributed by atoms with E-state index in [0.29, 0.717) is 0 Å². The van der Waals surface area contributed by atoms with Crippen molar-refractivity contribution in [3.8, 4) is 11.3 Å². The van der Waals surface area contributed by atoms with Crippen molar-refractivity contribution in [2.75, 3.05) is 0 Å². The standard InChI is InChI=1S/C15H18BrNO/c1-15(2,3)17-10-13-8-9-14(18-13)11-4-6-12(16)7-5-11/h4-9,17H,10H2,1-3H3/p+1. The van der Waals surface area contributed by atoms with E-state index in [1.54, 1.807) is 0 Å². The highest BCUT2D eigenvalue weighted by atomic mass is 79.9. The highest BCUT2D eigenvalue weighted by Gasteiger charge is 2.14. The van der Waals surface area contributed by atoms with Crippen LogP contribution >= 0.6 is 15.9 Å². The molecule has 0 radical (unpaired) electrons. The van der Waals surface area contributed by atoms with Gasteiger partial charge in [0.2, 0.25) is 0 Å². The molecule has 2 rings (SSSR count). The third-order valence-corrected chi connectivity index (χ3v) is 3.23. The molecule has 0 saturated carbocycles. The van der Waals surface area contributed by atoms with Gasteiger partial charge in [0.1, 0.15) is 12.3 Å². The highest BCUT2D eigenvalue weighted by molar-refractivity contribution is 9.10. The molecule has 1 heterocycles. The van der Waals surface area contributed by atoms with Gasteiger partial charge < -0.3 is 9.73 Å². The van der Waals surface area contributed by atoms with Crippen LogP contribution in [0.25, 0.3) is 11.3 Å². The zero-order chi connectivity index (χ0) is 13.2. The molecule has 3 heteroatoms. The van der Waals surface area contributed by atoms with Gasteiger partial charge in [-0.15, -0.1) is 0 Å². The lowest BCUT2D eigenvalue weighted by molar-refractivity contribution is -0.732. The molecule has 0 aliphatic carbocycles. The molecule has 0 aliphatic rings. The molecule has 2 nitrogen and oxygen atoms in total. The van der Waals surface area contributed by atoms with Gasteiger partial charge in [0.05, 0.1) is 5.54 Å². The maximum atomic E-state index is 5.86. The summed E-state index contributed by atoms with van der Waals surface area (Å²) >= 11 is 3.43. The molecule has 0 saturated heterocycles. The van der Waals surface area contributed by atoms with Crippen LogP contribution in [0.5, 0.6) is 0 Å². The predicted molar refractivity (Wildman–Crippen MR) is 77.2 cm³/mol. The minimum Gasteiger partial charge on any atom is -0.455 e. The largest absolute Gasteiger partial charge is 0.455 e. The van der Waals surface area contributed by atoms with Gasteiger partial charge in [-0.1, -0.05) is 28.1 Å². The summed E-state index contributed by atoms with van der Waals surface area (Å²) in [6, 6.07) is 12.3. The Morgan fingerprint density at radius 2 is 1.72 bits per heavy atom. The van der Waals surface area contributed by atoms with Crippen LogP contribution < -0.4 is 5.32 Å². The van der Waals surface area contributed by atoms with Gasteiger partial charge in [-0.25, -0.2) is 0 Å². The van der Waals surface area contributed by atoms with Gasteiger partial charge in [-0.3, -0.25) is 0 Å². The third kappa shape index (κ3) is 3.72. The second-order valence-corrected chi connectivity index (χ2v) is 6.46. The normalized spacial score (nSPS) is 11.8. The number of benzene rings is 1. The first kappa shape index (κ1) is 13.4. The van der Waals surface area contributed by atoms with Crippen molar-refractivity contribution in [2.24, 2.45) is 0 Å². The first-order valence-corrected chi connectivity index (χ1v) is 6.92. The van der Waals surface area contributed by atoms with Gasteiger partial charge in [0.25, 0.3) is 0 Å². The van der Waals surface area contributed by atoms with E-state index in [1.807, 2.05) is 18.2 Å². The molecule has 1 aromatic carbocycles. The fraction of sp³-hybridized carbons (Fsp3) is 0.333. The molecule has 2 N–H and O–H groups in total. The molecule has 96 valence electrons. The summed E-state index contributed by atoms with van der Waals surface area (Å²) in [4.78, 5) is 0.